The van der Waals surface area contributed by atoms with E-state index >= 15 is 0 Å². The fourth-order valence-electron chi connectivity index (χ4n) is 3.09. The van der Waals surface area contributed by atoms with Gasteiger partial charge in [-0.3, -0.25) is 0 Å². The molecule has 20 heavy (non-hydrogen) atoms. The summed E-state index contributed by atoms with van der Waals surface area (Å²) < 4.78 is 1.15. The molecule has 3 heteroatoms. The third-order valence-electron chi connectivity index (χ3n) is 4.12. The molecule has 1 aromatic rings. The summed E-state index contributed by atoms with van der Waals surface area (Å²) in [4.78, 5) is 2.60. The van der Waals surface area contributed by atoms with Gasteiger partial charge in [-0.05, 0) is 42.5 Å². The van der Waals surface area contributed by atoms with Gasteiger partial charge in [0.1, 0.15) is 0 Å². The van der Waals surface area contributed by atoms with Crippen molar-refractivity contribution in [1.82, 2.24) is 5.32 Å². The third kappa shape index (κ3) is 3.98. The van der Waals surface area contributed by atoms with Gasteiger partial charge in [0, 0.05) is 35.3 Å². The fourth-order valence-corrected chi connectivity index (χ4v) is 3.35. The molecule has 0 amide bonds. The Hall–Kier alpha value is -0.540. The molecule has 0 aliphatic carbocycles. The van der Waals surface area contributed by atoms with E-state index in [0.29, 0.717) is 18.0 Å². The van der Waals surface area contributed by atoms with Crippen LogP contribution in [0.5, 0.6) is 0 Å². The quantitative estimate of drug-likeness (QED) is 0.880. The lowest BCUT2D eigenvalue weighted by molar-refractivity contribution is 0.310. The smallest absolute Gasteiger partial charge is 0.0438 e. The lowest BCUT2D eigenvalue weighted by atomic mass is 9.94. The summed E-state index contributed by atoms with van der Waals surface area (Å²) in [6.07, 6.45) is 1.25. The van der Waals surface area contributed by atoms with Crippen LogP contribution in [-0.2, 0) is 0 Å². The second kappa shape index (κ2) is 6.95. The van der Waals surface area contributed by atoms with Crippen molar-refractivity contribution in [1.29, 1.82) is 0 Å². The predicted molar refractivity (Wildman–Crippen MR) is 91.4 cm³/mol. The Bertz CT molecular complexity index is 414. The highest BCUT2D eigenvalue weighted by atomic mass is 79.9. The molecule has 0 bridgehead atoms. The molecule has 2 nitrogen and oxygen atoms in total. The number of nitrogens with zero attached hydrogens (tertiary/aromatic N) is 1. The van der Waals surface area contributed by atoms with E-state index in [1.165, 1.54) is 12.1 Å². The molecule has 2 rings (SSSR count). The highest BCUT2D eigenvalue weighted by Crippen LogP contribution is 2.26. The summed E-state index contributed by atoms with van der Waals surface area (Å²) in [5.74, 6) is 1.40. The molecule has 1 saturated heterocycles. The SMILES string of the molecule is CC(C)CC1CN(c2ccc(Br)cc2)C(C(C)C)CN1. The first-order valence-corrected chi connectivity index (χ1v) is 8.52. The summed E-state index contributed by atoms with van der Waals surface area (Å²) in [6, 6.07) is 9.94. The van der Waals surface area contributed by atoms with Crippen LogP contribution < -0.4 is 10.2 Å². The maximum Gasteiger partial charge on any atom is 0.0438 e. The zero-order valence-electron chi connectivity index (χ0n) is 13.1. The minimum atomic E-state index is 0.583. The highest BCUT2D eigenvalue weighted by Gasteiger charge is 2.30. The van der Waals surface area contributed by atoms with Crippen LogP contribution in [0, 0.1) is 11.8 Å². The van der Waals surface area contributed by atoms with E-state index in [1.54, 1.807) is 0 Å². The van der Waals surface area contributed by atoms with E-state index in [0.717, 1.165) is 23.5 Å². The van der Waals surface area contributed by atoms with Gasteiger partial charge >= 0.3 is 0 Å². The van der Waals surface area contributed by atoms with Gasteiger partial charge in [-0.1, -0.05) is 43.6 Å². The monoisotopic (exact) mass is 338 g/mol. The largest absolute Gasteiger partial charge is 0.365 e. The van der Waals surface area contributed by atoms with Crippen molar-refractivity contribution in [3.63, 3.8) is 0 Å². The van der Waals surface area contributed by atoms with Gasteiger partial charge in [0.15, 0.2) is 0 Å². The van der Waals surface area contributed by atoms with Gasteiger partial charge < -0.3 is 10.2 Å². The molecule has 1 fully saturated rings. The van der Waals surface area contributed by atoms with E-state index in [-0.39, 0.29) is 0 Å². The number of halogens is 1. The first-order valence-electron chi connectivity index (χ1n) is 7.73. The normalized spacial score (nSPS) is 23.6. The first kappa shape index (κ1) is 15.8. The zero-order valence-corrected chi connectivity index (χ0v) is 14.7. The zero-order chi connectivity index (χ0) is 14.7. The van der Waals surface area contributed by atoms with Crippen molar-refractivity contribution in [3.05, 3.63) is 28.7 Å². The van der Waals surface area contributed by atoms with Crippen LogP contribution in [0.2, 0.25) is 0 Å². The van der Waals surface area contributed by atoms with Crippen LogP contribution in [0.1, 0.15) is 34.1 Å². The van der Waals surface area contributed by atoms with Gasteiger partial charge in [0.2, 0.25) is 0 Å². The van der Waals surface area contributed by atoms with Crippen LogP contribution in [-0.4, -0.2) is 25.2 Å². The Balaban J connectivity index is 2.16. The molecular formula is C17H27BrN2. The Morgan fingerprint density at radius 3 is 2.40 bits per heavy atom. The molecular weight excluding hydrogens is 312 g/mol. The lowest BCUT2D eigenvalue weighted by Gasteiger charge is -2.44. The van der Waals surface area contributed by atoms with Crippen LogP contribution in [0.3, 0.4) is 0 Å². The average molecular weight is 339 g/mol. The molecule has 0 radical (unpaired) electrons. The lowest BCUT2D eigenvalue weighted by Crippen LogP contribution is -2.58. The average Bonchev–Trinajstić information content (AvgIpc) is 2.38. The summed E-state index contributed by atoms with van der Waals surface area (Å²) in [5.41, 5.74) is 1.35. The van der Waals surface area contributed by atoms with E-state index in [9.17, 15) is 0 Å². The molecule has 1 N–H and O–H groups in total. The molecule has 0 saturated carbocycles. The number of piperazine rings is 1. The number of benzene rings is 1. The van der Waals surface area contributed by atoms with Crippen molar-refractivity contribution >= 4 is 21.6 Å². The number of anilines is 1. The number of hydrogen-bond acceptors (Lipinski definition) is 2. The van der Waals surface area contributed by atoms with Gasteiger partial charge in [0.25, 0.3) is 0 Å². The number of hydrogen-bond donors (Lipinski definition) is 1. The van der Waals surface area contributed by atoms with E-state index in [1.807, 2.05) is 0 Å². The standard InChI is InChI=1S/C17H27BrN2/c1-12(2)9-15-11-20(17(10-19-15)13(3)4)16-7-5-14(18)6-8-16/h5-8,12-13,15,17,19H,9-11H2,1-4H3. The van der Waals surface area contributed by atoms with E-state index in [2.05, 4.69) is 78.1 Å². The molecule has 112 valence electrons. The van der Waals surface area contributed by atoms with E-state index in [4.69, 9.17) is 0 Å². The van der Waals surface area contributed by atoms with Crippen molar-refractivity contribution in [2.24, 2.45) is 11.8 Å². The molecule has 1 heterocycles. The predicted octanol–water partition coefficient (Wildman–Crippen LogP) is 4.30. The molecule has 0 aromatic heterocycles. The number of rotatable bonds is 4. The van der Waals surface area contributed by atoms with Crippen LogP contribution >= 0.6 is 15.9 Å². The molecule has 1 aliphatic heterocycles. The number of nitrogens with one attached hydrogen (secondary N) is 1. The summed E-state index contributed by atoms with van der Waals surface area (Å²) >= 11 is 3.53. The summed E-state index contributed by atoms with van der Waals surface area (Å²) in [5, 5.41) is 3.74. The topological polar surface area (TPSA) is 15.3 Å². The Morgan fingerprint density at radius 1 is 1.20 bits per heavy atom. The van der Waals surface area contributed by atoms with Gasteiger partial charge in [-0.2, -0.15) is 0 Å². The van der Waals surface area contributed by atoms with E-state index < -0.39 is 0 Å². The Kier molecular flexibility index (Phi) is 5.50. The summed E-state index contributed by atoms with van der Waals surface area (Å²) in [6.45, 7) is 11.5. The third-order valence-corrected chi connectivity index (χ3v) is 4.65. The maximum absolute atomic E-state index is 3.74. The minimum Gasteiger partial charge on any atom is -0.365 e. The molecule has 2 atom stereocenters. The molecule has 1 aromatic carbocycles. The minimum absolute atomic E-state index is 0.583. The Labute approximate surface area is 132 Å². The molecule has 1 aliphatic rings. The van der Waals surface area contributed by atoms with Crippen molar-refractivity contribution in [2.75, 3.05) is 18.0 Å². The van der Waals surface area contributed by atoms with Crippen LogP contribution in [0.4, 0.5) is 5.69 Å². The Morgan fingerprint density at radius 2 is 1.85 bits per heavy atom. The van der Waals surface area contributed by atoms with Gasteiger partial charge in [-0.15, -0.1) is 0 Å². The second-order valence-corrected chi connectivity index (χ2v) is 7.59. The van der Waals surface area contributed by atoms with Gasteiger partial charge in [-0.25, -0.2) is 0 Å². The summed E-state index contributed by atoms with van der Waals surface area (Å²) in [7, 11) is 0. The maximum atomic E-state index is 3.74. The van der Waals surface area contributed by atoms with Crippen LogP contribution in [0.25, 0.3) is 0 Å². The van der Waals surface area contributed by atoms with Gasteiger partial charge in [0.05, 0.1) is 0 Å². The highest BCUT2D eigenvalue weighted by molar-refractivity contribution is 9.10. The van der Waals surface area contributed by atoms with Crippen molar-refractivity contribution < 1.29 is 0 Å². The molecule has 0 spiro atoms. The van der Waals surface area contributed by atoms with Crippen molar-refractivity contribution in [2.45, 2.75) is 46.2 Å². The van der Waals surface area contributed by atoms with Crippen LogP contribution in [0.15, 0.2) is 28.7 Å². The molecule has 2 unspecified atom stereocenters. The van der Waals surface area contributed by atoms with Crippen molar-refractivity contribution in [3.8, 4) is 0 Å². The second-order valence-electron chi connectivity index (χ2n) is 6.67. The first-order chi connectivity index (χ1) is 9.47. The fraction of sp³-hybridized carbons (Fsp3) is 0.647.